The number of nitrogens with one attached hydrogen (secondary N) is 2. The second-order valence-corrected chi connectivity index (χ2v) is 7.85. The molecule has 1 aromatic carbocycles. The first kappa shape index (κ1) is 21.9. The van der Waals surface area contributed by atoms with Crippen LogP contribution in [0.2, 0.25) is 0 Å². The van der Waals surface area contributed by atoms with Crippen molar-refractivity contribution in [1.82, 2.24) is 15.6 Å². The van der Waals surface area contributed by atoms with Crippen molar-refractivity contribution in [3.8, 4) is 0 Å². The van der Waals surface area contributed by atoms with Crippen molar-refractivity contribution in [1.29, 1.82) is 0 Å². The number of benzene rings is 1. The number of thiazole rings is 1. The molecular formula is C21H30N4O2S. The Morgan fingerprint density at radius 1 is 1.25 bits per heavy atom. The fourth-order valence-electron chi connectivity index (χ4n) is 2.71. The summed E-state index contributed by atoms with van der Waals surface area (Å²) in [4.78, 5) is 21.4. The molecule has 0 radical (unpaired) electrons. The summed E-state index contributed by atoms with van der Waals surface area (Å²) >= 11 is 1.36. The van der Waals surface area contributed by atoms with Crippen molar-refractivity contribution in [3.05, 3.63) is 51.0 Å². The molecule has 0 saturated heterocycles. The Morgan fingerprint density at radius 2 is 1.93 bits per heavy atom. The third kappa shape index (κ3) is 5.79. The van der Waals surface area contributed by atoms with E-state index in [4.69, 9.17) is 4.74 Å². The number of hydrogen-bond donors (Lipinski definition) is 2. The van der Waals surface area contributed by atoms with Crippen LogP contribution in [0.25, 0.3) is 0 Å². The Hall–Kier alpha value is -2.41. The van der Waals surface area contributed by atoms with Crippen molar-refractivity contribution in [2.75, 3.05) is 20.2 Å². The molecule has 152 valence electrons. The second-order valence-electron chi connectivity index (χ2n) is 6.82. The molecule has 2 N–H and O–H groups in total. The third-order valence-electron chi connectivity index (χ3n) is 4.44. The molecule has 2 atom stereocenters. The van der Waals surface area contributed by atoms with Gasteiger partial charge in [0.25, 0.3) is 0 Å². The van der Waals surface area contributed by atoms with Gasteiger partial charge in [0, 0.05) is 13.6 Å². The maximum absolute atomic E-state index is 12.0. The van der Waals surface area contributed by atoms with Crippen LogP contribution in [0.4, 0.5) is 0 Å². The minimum absolute atomic E-state index is 0.0762. The number of aliphatic imine (C=N–C) groups is 1. The molecule has 0 spiro atoms. The first-order valence-corrected chi connectivity index (χ1v) is 10.4. The molecule has 0 saturated carbocycles. The Labute approximate surface area is 171 Å². The zero-order valence-corrected chi connectivity index (χ0v) is 18.3. The summed E-state index contributed by atoms with van der Waals surface area (Å²) in [6.07, 6.45) is 0. The van der Waals surface area contributed by atoms with Gasteiger partial charge in [0.2, 0.25) is 0 Å². The van der Waals surface area contributed by atoms with Gasteiger partial charge in [0.1, 0.15) is 9.88 Å². The summed E-state index contributed by atoms with van der Waals surface area (Å²) in [5, 5.41) is 7.55. The molecule has 0 aliphatic carbocycles. The lowest BCUT2D eigenvalue weighted by Gasteiger charge is -2.19. The largest absolute Gasteiger partial charge is 0.462 e. The summed E-state index contributed by atoms with van der Waals surface area (Å²) in [5.74, 6) is 0.745. The summed E-state index contributed by atoms with van der Waals surface area (Å²) in [5.41, 5.74) is 3.25. The molecular weight excluding hydrogens is 372 g/mol. The number of rotatable bonds is 7. The van der Waals surface area contributed by atoms with Gasteiger partial charge < -0.3 is 15.4 Å². The van der Waals surface area contributed by atoms with Gasteiger partial charge in [-0.3, -0.25) is 4.99 Å². The van der Waals surface area contributed by atoms with E-state index in [0.29, 0.717) is 29.1 Å². The van der Waals surface area contributed by atoms with Crippen LogP contribution in [-0.2, 0) is 4.74 Å². The van der Waals surface area contributed by atoms with E-state index in [1.54, 1.807) is 14.0 Å². The third-order valence-corrected chi connectivity index (χ3v) is 5.76. The molecule has 0 aliphatic heterocycles. The maximum atomic E-state index is 12.0. The molecule has 1 heterocycles. The molecule has 0 fully saturated rings. The highest BCUT2D eigenvalue weighted by atomic mass is 32.1. The first-order chi connectivity index (χ1) is 13.3. The standard InChI is InChI=1S/C21H30N4O2S/c1-7-27-20(26)18-15(4)24-19(28-18)16(5)25-21(22-6)23-12-14(3)17-10-8-13(2)9-11-17/h8-11,14,16H,7,12H2,1-6H3,(H2,22,23,25). The topological polar surface area (TPSA) is 75.6 Å². The SMILES string of the molecule is CCOC(=O)c1sc(C(C)NC(=NC)NCC(C)c2ccc(C)cc2)nc1C. The van der Waals surface area contributed by atoms with Gasteiger partial charge in [-0.2, -0.15) is 0 Å². The van der Waals surface area contributed by atoms with Gasteiger partial charge in [-0.05, 0) is 39.2 Å². The smallest absolute Gasteiger partial charge is 0.350 e. The first-order valence-electron chi connectivity index (χ1n) is 9.53. The minimum Gasteiger partial charge on any atom is -0.462 e. The van der Waals surface area contributed by atoms with E-state index in [-0.39, 0.29) is 12.0 Å². The van der Waals surface area contributed by atoms with Crippen molar-refractivity contribution in [2.24, 2.45) is 4.99 Å². The van der Waals surface area contributed by atoms with E-state index < -0.39 is 0 Å². The number of nitrogens with zero attached hydrogens (tertiary/aromatic N) is 2. The fraction of sp³-hybridized carbons (Fsp3) is 0.476. The Kier molecular flexibility index (Phi) is 7.99. The van der Waals surface area contributed by atoms with Crippen LogP contribution >= 0.6 is 11.3 Å². The van der Waals surface area contributed by atoms with Crippen LogP contribution in [0.3, 0.4) is 0 Å². The quantitative estimate of drug-likeness (QED) is 0.416. The maximum Gasteiger partial charge on any atom is 0.350 e. The van der Waals surface area contributed by atoms with Crippen molar-refractivity contribution in [2.45, 2.75) is 46.6 Å². The lowest BCUT2D eigenvalue weighted by atomic mass is 10.0. The van der Waals surface area contributed by atoms with Crippen molar-refractivity contribution >= 4 is 23.3 Å². The zero-order chi connectivity index (χ0) is 20.7. The number of esters is 1. The minimum atomic E-state index is -0.314. The molecule has 6 nitrogen and oxygen atoms in total. The van der Waals surface area contributed by atoms with E-state index in [2.05, 4.69) is 58.7 Å². The van der Waals surface area contributed by atoms with Crippen LogP contribution < -0.4 is 10.6 Å². The average Bonchev–Trinajstić information content (AvgIpc) is 3.07. The van der Waals surface area contributed by atoms with Crippen LogP contribution in [0, 0.1) is 13.8 Å². The lowest BCUT2D eigenvalue weighted by molar-refractivity contribution is 0.0531. The molecule has 0 bridgehead atoms. The number of aryl methyl sites for hydroxylation is 2. The molecule has 2 rings (SSSR count). The molecule has 2 aromatic rings. The molecule has 7 heteroatoms. The highest BCUT2D eigenvalue weighted by Crippen LogP contribution is 2.24. The second kappa shape index (κ2) is 10.2. The van der Waals surface area contributed by atoms with Crippen molar-refractivity contribution in [3.63, 3.8) is 0 Å². The van der Waals surface area contributed by atoms with Crippen LogP contribution in [-0.4, -0.2) is 37.1 Å². The summed E-state index contributed by atoms with van der Waals surface area (Å²) in [6, 6.07) is 8.51. The molecule has 0 amide bonds. The number of ether oxygens (including phenoxy) is 1. The van der Waals surface area contributed by atoms with Gasteiger partial charge in [-0.15, -0.1) is 11.3 Å². The molecule has 28 heavy (non-hydrogen) atoms. The summed E-state index contributed by atoms with van der Waals surface area (Å²) < 4.78 is 5.09. The van der Waals surface area contributed by atoms with Crippen molar-refractivity contribution < 1.29 is 9.53 Å². The fourth-order valence-corrected chi connectivity index (χ4v) is 3.68. The van der Waals surface area contributed by atoms with E-state index in [1.165, 1.54) is 22.5 Å². The van der Waals surface area contributed by atoms with Crippen LogP contribution in [0.15, 0.2) is 29.3 Å². The predicted molar refractivity (Wildman–Crippen MR) is 115 cm³/mol. The van der Waals surface area contributed by atoms with E-state index >= 15 is 0 Å². The molecule has 0 aliphatic rings. The highest BCUT2D eigenvalue weighted by Gasteiger charge is 2.20. The monoisotopic (exact) mass is 402 g/mol. The number of hydrogen-bond acceptors (Lipinski definition) is 5. The highest BCUT2D eigenvalue weighted by molar-refractivity contribution is 7.13. The Balaban J connectivity index is 1.96. The predicted octanol–water partition coefficient (Wildman–Crippen LogP) is 3.97. The summed E-state index contributed by atoms with van der Waals surface area (Å²) in [6.45, 7) is 11.0. The number of aromatic nitrogens is 1. The average molecular weight is 403 g/mol. The van der Waals surface area contributed by atoms with Gasteiger partial charge in [0.05, 0.1) is 18.3 Å². The van der Waals surface area contributed by atoms with Gasteiger partial charge >= 0.3 is 5.97 Å². The lowest BCUT2D eigenvalue weighted by Crippen LogP contribution is -2.40. The van der Waals surface area contributed by atoms with E-state index in [1.807, 2.05) is 13.8 Å². The van der Waals surface area contributed by atoms with Gasteiger partial charge in [0.15, 0.2) is 5.96 Å². The molecule has 2 unspecified atom stereocenters. The van der Waals surface area contributed by atoms with Crippen LogP contribution in [0.5, 0.6) is 0 Å². The molecule has 1 aromatic heterocycles. The number of guanidine groups is 1. The number of carbonyl (C=O) groups is 1. The van der Waals surface area contributed by atoms with Gasteiger partial charge in [-0.1, -0.05) is 36.8 Å². The van der Waals surface area contributed by atoms with E-state index in [9.17, 15) is 4.79 Å². The summed E-state index contributed by atoms with van der Waals surface area (Å²) in [7, 11) is 1.75. The number of carbonyl (C=O) groups excluding carboxylic acids is 1. The zero-order valence-electron chi connectivity index (χ0n) is 17.5. The Bertz CT molecular complexity index is 814. The Morgan fingerprint density at radius 3 is 2.54 bits per heavy atom. The van der Waals surface area contributed by atoms with Gasteiger partial charge in [-0.25, -0.2) is 9.78 Å². The van der Waals surface area contributed by atoms with E-state index in [0.717, 1.165) is 11.6 Å². The normalized spacial score (nSPS) is 13.7. The van der Waals surface area contributed by atoms with Crippen LogP contribution in [0.1, 0.15) is 64.2 Å².